The summed E-state index contributed by atoms with van der Waals surface area (Å²) < 4.78 is 38.5. The zero-order chi connectivity index (χ0) is 12.5. The minimum atomic E-state index is -3.37. The lowest BCUT2D eigenvalue weighted by Gasteiger charge is -2.35. The molecule has 1 aliphatic carbocycles. The molecule has 3 nitrogen and oxygen atoms in total. The number of allylic oxidation sites excluding steroid dienone is 3. The van der Waals surface area contributed by atoms with Crippen molar-refractivity contribution in [3.63, 3.8) is 0 Å². The quantitative estimate of drug-likeness (QED) is 0.763. The molecule has 5 heteroatoms. The van der Waals surface area contributed by atoms with Crippen LogP contribution in [0.15, 0.2) is 24.1 Å². The molecule has 0 amide bonds. The highest BCUT2D eigenvalue weighted by Gasteiger charge is 2.41. The molecule has 17 heavy (non-hydrogen) atoms. The van der Waals surface area contributed by atoms with Gasteiger partial charge in [-0.05, 0) is 38.3 Å². The summed E-state index contributed by atoms with van der Waals surface area (Å²) in [5.74, 6) is -0.351. The smallest absolute Gasteiger partial charge is 0.211 e. The third-order valence-electron chi connectivity index (χ3n) is 3.54. The second-order valence-electron chi connectivity index (χ2n) is 4.90. The van der Waals surface area contributed by atoms with Gasteiger partial charge in [-0.15, -0.1) is 0 Å². The van der Waals surface area contributed by atoms with Crippen LogP contribution in [0, 0.1) is 0 Å². The largest absolute Gasteiger partial charge is 0.223 e. The standard InChI is InChI=1S/C12H18FNO2S/c1-12(7-5-11(13)6-8-12)17(15,16)14-9-3-2-4-10-14/h5-7H,2-4,8-10H2,1H3. The third-order valence-corrected chi connectivity index (χ3v) is 6.07. The Balaban J connectivity index is 2.23. The molecule has 1 fully saturated rings. The van der Waals surface area contributed by atoms with Gasteiger partial charge in [-0.25, -0.2) is 17.1 Å². The Morgan fingerprint density at radius 1 is 1.29 bits per heavy atom. The molecular weight excluding hydrogens is 241 g/mol. The van der Waals surface area contributed by atoms with Crippen molar-refractivity contribution < 1.29 is 12.8 Å². The van der Waals surface area contributed by atoms with Crippen molar-refractivity contribution in [1.82, 2.24) is 4.31 Å². The fourth-order valence-corrected chi connectivity index (χ4v) is 4.15. The maximum Gasteiger partial charge on any atom is 0.223 e. The van der Waals surface area contributed by atoms with Gasteiger partial charge >= 0.3 is 0 Å². The predicted molar refractivity (Wildman–Crippen MR) is 65.7 cm³/mol. The summed E-state index contributed by atoms with van der Waals surface area (Å²) in [5, 5.41) is 0. The van der Waals surface area contributed by atoms with Crippen LogP contribution < -0.4 is 0 Å². The van der Waals surface area contributed by atoms with Crippen molar-refractivity contribution in [3.05, 3.63) is 24.1 Å². The van der Waals surface area contributed by atoms with Gasteiger partial charge in [0.2, 0.25) is 10.0 Å². The molecule has 0 spiro atoms. The number of nitrogens with zero attached hydrogens (tertiary/aromatic N) is 1. The molecule has 2 rings (SSSR count). The maximum absolute atomic E-state index is 12.9. The molecule has 1 saturated heterocycles. The number of halogens is 1. The number of sulfonamides is 1. The topological polar surface area (TPSA) is 37.4 Å². The summed E-state index contributed by atoms with van der Waals surface area (Å²) in [6.07, 6.45) is 7.23. The molecule has 1 unspecified atom stereocenters. The normalized spacial score (nSPS) is 31.3. The molecule has 0 aromatic heterocycles. The van der Waals surface area contributed by atoms with Crippen LogP contribution in [0.5, 0.6) is 0 Å². The molecule has 1 atom stereocenters. The number of piperidine rings is 1. The molecule has 0 aromatic rings. The van der Waals surface area contributed by atoms with Crippen molar-refractivity contribution in [1.29, 1.82) is 0 Å². The van der Waals surface area contributed by atoms with E-state index in [1.54, 1.807) is 11.2 Å². The van der Waals surface area contributed by atoms with Gasteiger partial charge in [0, 0.05) is 13.1 Å². The average molecular weight is 259 g/mol. The van der Waals surface area contributed by atoms with E-state index >= 15 is 0 Å². The molecule has 0 N–H and O–H groups in total. The van der Waals surface area contributed by atoms with Crippen LogP contribution in [-0.4, -0.2) is 30.6 Å². The minimum Gasteiger partial charge on any atom is -0.211 e. The van der Waals surface area contributed by atoms with Gasteiger partial charge < -0.3 is 0 Å². The molecule has 1 heterocycles. The van der Waals surface area contributed by atoms with Crippen molar-refractivity contribution in [2.75, 3.05) is 13.1 Å². The highest BCUT2D eigenvalue weighted by atomic mass is 32.2. The Bertz CT molecular complexity index is 449. The molecule has 0 aromatic carbocycles. The Hall–Kier alpha value is -0.680. The summed E-state index contributed by atoms with van der Waals surface area (Å²) in [5.41, 5.74) is 0. The first kappa shape index (κ1) is 12.8. The fourth-order valence-electron chi connectivity index (χ4n) is 2.28. The Kier molecular flexibility index (Phi) is 3.41. The van der Waals surface area contributed by atoms with E-state index in [1.807, 2.05) is 0 Å². The molecule has 1 aliphatic heterocycles. The van der Waals surface area contributed by atoms with Gasteiger partial charge in [0.05, 0.1) is 0 Å². The summed E-state index contributed by atoms with van der Waals surface area (Å²) in [6, 6.07) is 0. The van der Waals surface area contributed by atoms with E-state index in [0.29, 0.717) is 13.1 Å². The van der Waals surface area contributed by atoms with Crippen LogP contribution in [0.3, 0.4) is 0 Å². The Labute approximate surface area is 102 Å². The third kappa shape index (κ3) is 2.31. The van der Waals surface area contributed by atoms with E-state index in [-0.39, 0.29) is 12.2 Å². The van der Waals surface area contributed by atoms with Gasteiger partial charge in [0.25, 0.3) is 0 Å². The Morgan fingerprint density at radius 3 is 2.47 bits per heavy atom. The second kappa shape index (κ2) is 4.53. The predicted octanol–water partition coefficient (Wildman–Crippen LogP) is 2.37. The lowest BCUT2D eigenvalue weighted by Crippen LogP contribution is -2.47. The monoisotopic (exact) mass is 259 g/mol. The van der Waals surface area contributed by atoms with Crippen molar-refractivity contribution in [2.45, 2.75) is 37.4 Å². The van der Waals surface area contributed by atoms with Gasteiger partial charge in [-0.3, -0.25) is 0 Å². The number of rotatable bonds is 2. The molecule has 96 valence electrons. The number of hydrogen-bond donors (Lipinski definition) is 0. The summed E-state index contributed by atoms with van der Waals surface area (Å²) in [4.78, 5) is 0. The van der Waals surface area contributed by atoms with Crippen LogP contribution in [0.25, 0.3) is 0 Å². The van der Waals surface area contributed by atoms with Gasteiger partial charge in [-0.1, -0.05) is 12.5 Å². The van der Waals surface area contributed by atoms with Crippen LogP contribution in [0.1, 0.15) is 32.6 Å². The van der Waals surface area contributed by atoms with Crippen LogP contribution in [-0.2, 0) is 10.0 Å². The van der Waals surface area contributed by atoms with E-state index in [1.165, 1.54) is 18.2 Å². The molecular formula is C12H18FNO2S. The van der Waals surface area contributed by atoms with Gasteiger partial charge in [-0.2, -0.15) is 0 Å². The van der Waals surface area contributed by atoms with E-state index in [2.05, 4.69) is 0 Å². The first-order chi connectivity index (χ1) is 7.96. The van der Waals surface area contributed by atoms with Crippen LogP contribution in [0.4, 0.5) is 4.39 Å². The van der Waals surface area contributed by atoms with Crippen molar-refractivity contribution in [2.24, 2.45) is 0 Å². The molecule has 0 saturated carbocycles. The summed E-state index contributed by atoms with van der Waals surface area (Å²) >= 11 is 0. The average Bonchev–Trinajstić information content (AvgIpc) is 2.34. The lowest BCUT2D eigenvalue weighted by molar-refractivity contribution is 0.337. The summed E-state index contributed by atoms with van der Waals surface area (Å²) in [7, 11) is -3.37. The SMILES string of the molecule is CC1(S(=O)(=O)N2CCCCC2)C=CC(F)=CC1. The number of hydrogen-bond acceptors (Lipinski definition) is 2. The van der Waals surface area contributed by atoms with Crippen LogP contribution >= 0.6 is 0 Å². The van der Waals surface area contributed by atoms with Crippen molar-refractivity contribution in [3.8, 4) is 0 Å². The van der Waals surface area contributed by atoms with E-state index < -0.39 is 14.8 Å². The van der Waals surface area contributed by atoms with Crippen molar-refractivity contribution >= 4 is 10.0 Å². The molecule has 0 bridgehead atoms. The van der Waals surface area contributed by atoms with E-state index in [4.69, 9.17) is 0 Å². The molecule has 2 aliphatic rings. The highest BCUT2D eigenvalue weighted by molar-refractivity contribution is 7.90. The fraction of sp³-hybridized carbons (Fsp3) is 0.667. The van der Waals surface area contributed by atoms with Crippen LogP contribution in [0.2, 0.25) is 0 Å². The lowest BCUT2D eigenvalue weighted by atomic mass is 10.0. The summed E-state index contributed by atoms with van der Waals surface area (Å²) in [6.45, 7) is 2.85. The first-order valence-corrected chi connectivity index (χ1v) is 7.44. The first-order valence-electron chi connectivity index (χ1n) is 6.00. The second-order valence-corrected chi connectivity index (χ2v) is 7.30. The molecule has 0 radical (unpaired) electrons. The van der Waals surface area contributed by atoms with Gasteiger partial charge in [0.1, 0.15) is 10.6 Å². The minimum absolute atomic E-state index is 0.216. The van der Waals surface area contributed by atoms with E-state index in [9.17, 15) is 12.8 Å². The maximum atomic E-state index is 12.9. The zero-order valence-corrected chi connectivity index (χ0v) is 10.8. The van der Waals surface area contributed by atoms with Gasteiger partial charge in [0.15, 0.2) is 0 Å². The van der Waals surface area contributed by atoms with E-state index in [0.717, 1.165) is 19.3 Å². The zero-order valence-electron chi connectivity index (χ0n) is 10.0. The highest BCUT2D eigenvalue weighted by Crippen LogP contribution is 2.32. The Morgan fingerprint density at radius 2 is 1.94 bits per heavy atom.